The van der Waals surface area contributed by atoms with Crippen LogP contribution in [0.5, 0.6) is 0 Å². The van der Waals surface area contributed by atoms with Gasteiger partial charge in [-0.05, 0) is 11.6 Å². The smallest absolute Gasteiger partial charge is 0.379 e. The number of hydrogen-bond acceptors (Lipinski definition) is 3. The number of aromatic nitrogens is 1. The van der Waals surface area contributed by atoms with Gasteiger partial charge in [0, 0.05) is 25.4 Å². The van der Waals surface area contributed by atoms with Gasteiger partial charge >= 0.3 is 6.18 Å². The molecule has 0 bridgehead atoms. The fourth-order valence-corrected chi connectivity index (χ4v) is 1.13. The van der Waals surface area contributed by atoms with Gasteiger partial charge in [0.2, 0.25) is 0 Å². The van der Waals surface area contributed by atoms with E-state index in [9.17, 15) is 18.3 Å². The molecule has 6 heteroatoms. The first-order valence-electron chi connectivity index (χ1n) is 4.27. The van der Waals surface area contributed by atoms with Crippen molar-refractivity contribution in [2.24, 2.45) is 5.73 Å². The molecule has 0 aliphatic carbocycles. The van der Waals surface area contributed by atoms with Crippen molar-refractivity contribution in [2.45, 2.75) is 18.2 Å². The summed E-state index contributed by atoms with van der Waals surface area (Å²) in [6.07, 6.45) is -2.61. The fraction of sp³-hybridized carbons (Fsp3) is 0.444. The first-order chi connectivity index (χ1) is 6.89. The summed E-state index contributed by atoms with van der Waals surface area (Å²) >= 11 is 0. The maximum atomic E-state index is 12.4. The zero-order chi connectivity index (χ0) is 11.5. The summed E-state index contributed by atoms with van der Waals surface area (Å²) in [7, 11) is 0. The van der Waals surface area contributed by atoms with Crippen molar-refractivity contribution in [1.29, 1.82) is 0 Å². The van der Waals surface area contributed by atoms with Gasteiger partial charge in [0.25, 0.3) is 0 Å². The Hall–Kier alpha value is -1.14. The number of hydrogen-bond donors (Lipinski definition) is 2. The van der Waals surface area contributed by atoms with Gasteiger partial charge in [-0.1, -0.05) is 6.07 Å². The highest BCUT2D eigenvalue weighted by atomic mass is 19.4. The average Bonchev–Trinajstić information content (AvgIpc) is 2.17. The minimum absolute atomic E-state index is 0.294. The Labute approximate surface area is 84.7 Å². The largest absolute Gasteiger partial charge is 0.418 e. The molecule has 0 saturated carbocycles. The minimum Gasteiger partial charge on any atom is -0.379 e. The van der Waals surface area contributed by atoms with E-state index >= 15 is 0 Å². The Morgan fingerprint density at radius 1 is 1.40 bits per heavy atom. The molecule has 1 unspecified atom stereocenters. The van der Waals surface area contributed by atoms with Crippen LogP contribution < -0.4 is 5.73 Å². The van der Waals surface area contributed by atoms with Crippen molar-refractivity contribution in [3.05, 3.63) is 30.1 Å². The number of rotatable bonds is 3. The molecule has 1 rings (SSSR count). The topological polar surface area (TPSA) is 59.1 Å². The zero-order valence-corrected chi connectivity index (χ0v) is 7.83. The molecule has 3 N–H and O–H groups in total. The molecule has 1 aromatic rings. The molecular weight excluding hydrogens is 209 g/mol. The van der Waals surface area contributed by atoms with Crippen molar-refractivity contribution in [3.8, 4) is 0 Å². The zero-order valence-electron chi connectivity index (χ0n) is 7.83. The number of aliphatic hydroxyl groups is 1. The van der Waals surface area contributed by atoms with E-state index in [-0.39, 0.29) is 0 Å². The van der Waals surface area contributed by atoms with Crippen molar-refractivity contribution in [2.75, 3.05) is 6.54 Å². The summed E-state index contributed by atoms with van der Waals surface area (Å²) in [5.41, 5.74) is 2.37. The van der Waals surface area contributed by atoms with E-state index in [0.29, 0.717) is 5.56 Å². The molecule has 0 aliphatic rings. The van der Waals surface area contributed by atoms with E-state index in [4.69, 9.17) is 5.73 Å². The molecule has 0 spiro atoms. The van der Waals surface area contributed by atoms with E-state index in [0.717, 1.165) is 0 Å². The second-order valence-corrected chi connectivity index (χ2v) is 3.27. The second-order valence-electron chi connectivity index (χ2n) is 3.27. The van der Waals surface area contributed by atoms with Crippen LogP contribution in [0, 0.1) is 0 Å². The SMILES string of the molecule is NCC(O)(Cc1cccnc1)C(F)(F)F. The van der Waals surface area contributed by atoms with Crippen LogP contribution in [0.2, 0.25) is 0 Å². The van der Waals surface area contributed by atoms with Crippen molar-refractivity contribution < 1.29 is 18.3 Å². The van der Waals surface area contributed by atoms with Crippen LogP contribution in [0.15, 0.2) is 24.5 Å². The lowest BCUT2D eigenvalue weighted by atomic mass is 9.95. The maximum Gasteiger partial charge on any atom is 0.418 e. The second kappa shape index (κ2) is 4.16. The number of nitrogens with two attached hydrogens (primary N) is 1. The van der Waals surface area contributed by atoms with E-state index in [1.807, 2.05) is 0 Å². The van der Waals surface area contributed by atoms with Gasteiger partial charge in [0.15, 0.2) is 5.60 Å². The molecule has 0 fully saturated rings. The third-order valence-electron chi connectivity index (χ3n) is 2.08. The molecule has 15 heavy (non-hydrogen) atoms. The number of nitrogens with zero attached hydrogens (tertiary/aromatic N) is 1. The van der Waals surface area contributed by atoms with Gasteiger partial charge in [0.1, 0.15) is 0 Å². The Morgan fingerprint density at radius 2 is 2.07 bits per heavy atom. The number of pyridine rings is 1. The van der Waals surface area contributed by atoms with Crippen LogP contribution >= 0.6 is 0 Å². The van der Waals surface area contributed by atoms with E-state index in [1.165, 1.54) is 24.5 Å². The van der Waals surface area contributed by atoms with Crippen molar-refractivity contribution in [3.63, 3.8) is 0 Å². The molecular formula is C9H11F3N2O. The fourth-order valence-electron chi connectivity index (χ4n) is 1.13. The maximum absolute atomic E-state index is 12.4. The summed E-state index contributed by atoms with van der Waals surface area (Å²) in [6, 6.07) is 2.96. The molecule has 1 aromatic heterocycles. The van der Waals surface area contributed by atoms with Gasteiger partial charge in [-0.15, -0.1) is 0 Å². The first-order valence-corrected chi connectivity index (χ1v) is 4.27. The lowest BCUT2D eigenvalue weighted by Gasteiger charge is -2.28. The van der Waals surface area contributed by atoms with E-state index in [1.54, 1.807) is 0 Å². The highest BCUT2D eigenvalue weighted by Gasteiger charge is 2.52. The monoisotopic (exact) mass is 220 g/mol. The first kappa shape index (κ1) is 11.9. The molecule has 0 aromatic carbocycles. The lowest BCUT2D eigenvalue weighted by Crippen LogP contribution is -2.52. The highest BCUT2D eigenvalue weighted by molar-refractivity contribution is 5.13. The summed E-state index contributed by atoms with van der Waals surface area (Å²) in [5.74, 6) is 0. The highest BCUT2D eigenvalue weighted by Crippen LogP contribution is 2.32. The number of alkyl halides is 3. The minimum atomic E-state index is -4.74. The molecule has 3 nitrogen and oxygen atoms in total. The van der Waals surface area contributed by atoms with Crippen LogP contribution in [0.25, 0.3) is 0 Å². The molecule has 1 heterocycles. The third-order valence-corrected chi connectivity index (χ3v) is 2.08. The average molecular weight is 220 g/mol. The Bertz CT molecular complexity index is 315. The Morgan fingerprint density at radius 3 is 2.47 bits per heavy atom. The van der Waals surface area contributed by atoms with Crippen LogP contribution in [0.1, 0.15) is 5.56 Å². The third kappa shape index (κ3) is 2.66. The van der Waals surface area contributed by atoms with E-state index < -0.39 is 24.7 Å². The van der Waals surface area contributed by atoms with Crippen LogP contribution in [-0.2, 0) is 6.42 Å². The van der Waals surface area contributed by atoms with Crippen molar-refractivity contribution >= 4 is 0 Å². The molecule has 0 aliphatic heterocycles. The molecule has 84 valence electrons. The van der Waals surface area contributed by atoms with Crippen LogP contribution in [0.4, 0.5) is 13.2 Å². The standard InChI is InChI=1S/C9H11F3N2O/c10-9(11,12)8(15,6-13)4-7-2-1-3-14-5-7/h1-3,5,15H,4,6,13H2. The van der Waals surface area contributed by atoms with Crippen LogP contribution in [-0.4, -0.2) is 28.4 Å². The molecule has 1 atom stereocenters. The van der Waals surface area contributed by atoms with Gasteiger partial charge < -0.3 is 10.8 Å². The van der Waals surface area contributed by atoms with Gasteiger partial charge in [-0.3, -0.25) is 4.98 Å². The normalized spacial score (nSPS) is 16.1. The van der Waals surface area contributed by atoms with Gasteiger partial charge in [0.05, 0.1) is 0 Å². The Balaban J connectivity index is 2.87. The summed E-state index contributed by atoms with van der Waals surface area (Å²) in [4.78, 5) is 3.67. The Kier molecular flexibility index (Phi) is 3.31. The van der Waals surface area contributed by atoms with Crippen molar-refractivity contribution in [1.82, 2.24) is 4.98 Å². The molecule has 0 radical (unpaired) electrons. The van der Waals surface area contributed by atoms with Gasteiger partial charge in [-0.25, -0.2) is 0 Å². The summed E-state index contributed by atoms with van der Waals surface area (Å²) in [6.45, 7) is -0.870. The molecule has 0 saturated heterocycles. The summed E-state index contributed by atoms with van der Waals surface area (Å²) < 4.78 is 37.3. The quantitative estimate of drug-likeness (QED) is 0.794. The van der Waals surface area contributed by atoms with E-state index in [2.05, 4.69) is 4.98 Å². The van der Waals surface area contributed by atoms with Gasteiger partial charge in [-0.2, -0.15) is 13.2 Å². The number of halogens is 3. The predicted molar refractivity (Wildman–Crippen MR) is 48.0 cm³/mol. The lowest BCUT2D eigenvalue weighted by molar-refractivity contribution is -0.255. The molecule has 0 amide bonds. The predicted octanol–water partition coefficient (Wildman–Crippen LogP) is 0.876. The summed E-state index contributed by atoms with van der Waals surface area (Å²) in [5, 5.41) is 9.33. The van der Waals surface area contributed by atoms with Crippen LogP contribution in [0.3, 0.4) is 0 Å².